The van der Waals surface area contributed by atoms with Gasteiger partial charge in [0.2, 0.25) is 0 Å². The van der Waals surface area contributed by atoms with Gasteiger partial charge in [0, 0.05) is 25.9 Å². The molecule has 1 aromatic heterocycles. The number of aliphatic imine (C=N–C) groups is 1. The van der Waals surface area contributed by atoms with Crippen LogP contribution in [0.3, 0.4) is 0 Å². The highest BCUT2D eigenvalue weighted by molar-refractivity contribution is 5.80. The maximum absolute atomic E-state index is 5.95. The Bertz CT molecular complexity index is 767. The van der Waals surface area contributed by atoms with Gasteiger partial charge in [0.15, 0.2) is 11.8 Å². The molecule has 0 amide bonds. The van der Waals surface area contributed by atoms with Crippen molar-refractivity contribution in [2.45, 2.75) is 58.7 Å². The van der Waals surface area contributed by atoms with E-state index in [4.69, 9.17) is 4.74 Å². The smallest absolute Gasteiger partial charge is 0.191 e. The van der Waals surface area contributed by atoms with Crippen LogP contribution in [0.1, 0.15) is 37.5 Å². The number of hydrogen-bond donors (Lipinski definition) is 2. The molecule has 1 aromatic carbocycles. The average molecular weight is 371 g/mol. The second kappa shape index (κ2) is 8.88. The standard InChI is InChI=1S/C20H30N6O/c1-5-18-24-19-11-8-16(13-26(19)25-18)23-20(21-4)22-12-15(3)27-17-9-6-14(2)7-10-17/h6-7,9-10,15-16H,5,8,11-13H2,1-4H3,(H2,21,22,23). The Hall–Kier alpha value is -2.57. The zero-order valence-corrected chi connectivity index (χ0v) is 16.7. The number of fused-ring (bicyclic) bond motifs is 1. The molecule has 0 radical (unpaired) electrons. The van der Waals surface area contributed by atoms with Gasteiger partial charge in [-0.15, -0.1) is 0 Å². The predicted octanol–water partition coefficient (Wildman–Crippen LogP) is 2.10. The van der Waals surface area contributed by atoms with Crippen molar-refractivity contribution in [2.24, 2.45) is 4.99 Å². The fourth-order valence-corrected chi connectivity index (χ4v) is 3.15. The SMILES string of the molecule is CCc1nc2n(n1)CC(NC(=NC)NCC(C)Oc1ccc(C)cc1)CC2. The van der Waals surface area contributed by atoms with Gasteiger partial charge in [-0.25, -0.2) is 9.67 Å². The van der Waals surface area contributed by atoms with E-state index >= 15 is 0 Å². The average Bonchev–Trinajstić information content (AvgIpc) is 3.09. The molecule has 0 saturated carbocycles. The van der Waals surface area contributed by atoms with Crippen LogP contribution in [0.4, 0.5) is 0 Å². The molecule has 7 heteroatoms. The van der Waals surface area contributed by atoms with Crippen molar-refractivity contribution in [3.8, 4) is 5.75 Å². The Kier molecular flexibility index (Phi) is 6.32. The first-order valence-electron chi connectivity index (χ1n) is 9.70. The highest BCUT2D eigenvalue weighted by Gasteiger charge is 2.22. The van der Waals surface area contributed by atoms with Crippen LogP contribution in [0.15, 0.2) is 29.3 Å². The topological polar surface area (TPSA) is 76.4 Å². The van der Waals surface area contributed by atoms with Crippen LogP contribution in [0, 0.1) is 6.92 Å². The molecule has 2 heterocycles. The van der Waals surface area contributed by atoms with Crippen LogP contribution in [0.5, 0.6) is 5.75 Å². The largest absolute Gasteiger partial charge is 0.489 e. The lowest BCUT2D eigenvalue weighted by molar-refractivity contribution is 0.223. The van der Waals surface area contributed by atoms with Crippen molar-refractivity contribution in [2.75, 3.05) is 13.6 Å². The number of hydrogen-bond acceptors (Lipinski definition) is 4. The molecular formula is C20H30N6O. The fraction of sp³-hybridized carbons (Fsp3) is 0.550. The first kappa shape index (κ1) is 19.2. The number of ether oxygens (including phenoxy) is 1. The summed E-state index contributed by atoms with van der Waals surface area (Å²) in [6, 6.07) is 8.41. The van der Waals surface area contributed by atoms with Gasteiger partial charge in [-0.1, -0.05) is 24.6 Å². The maximum Gasteiger partial charge on any atom is 0.191 e. The van der Waals surface area contributed by atoms with Crippen molar-refractivity contribution >= 4 is 5.96 Å². The fourth-order valence-electron chi connectivity index (χ4n) is 3.15. The van der Waals surface area contributed by atoms with E-state index in [0.29, 0.717) is 12.6 Å². The van der Waals surface area contributed by atoms with Crippen LogP contribution < -0.4 is 15.4 Å². The van der Waals surface area contributed by atoms with Crippen molar-refractivity contribution in [3.63, 3.8) is 0 Å². The molecule has 27 heavy (non-hydrogen) atoms. The van der Waals surface area contributed by atoms with E-state index in [1.165, 1.54) is 5.56 Å². The summed E-state index contributed by atoms with van der Waals surface area (Å²) in [5.41, 5.74) is 1.23. The lowest BCUT2D eigenvalue weighted by atomic mass is 10.1. The third kappa shape index (κ3) is 5.21. The molecule has 0 bridgehead atoms. The maximum atomic E-state index is 5.95. The van der Waals surface area contributed by atoms with E-state index in [1.807, 2.05) is 16.8 Å². The van der Waals surface area contributed by atoms with E-state index in [0.717, 1.165) is 49.2 Å². The van der Waals surface area contributed by atoms with E-state index in [1.54, 1.807) is 7.05 Å². The molecule has 146 valence electrons. The van der Waals surface area contributed by atoms with E-state index in [2.05, 4.69) is 58.6 Å². The Morgan fingerprint density at radius 3 is 2.85 bits per heavy atom. The van der Waals surface area contributed by atoms with E-state index in [-0.39, 0.29) is 6.10 Å². The Morgan fingerprint density at radius 2 is 2.15 bits per heavy atom. The van der Waals surface area contributed by atoms with Gasteiger partial charge in [-0.3, -0.25) is 4.99 Å². The predicted molar refractivity (Wildman–Crippen MR) is 107 cm³/mol. The highest BCUT2D eigenvalue weighted by atomic mass is 16.5. The summed E-state index contributed by atoms with van der Waals surface area (Å²) >= 11 is 0. The summed E-state index contributed by atoms with van der Waals surface area (Å²) in [6.07, 6.45) is 2.87. The van der Waals surface area contributed by atoms with Gasteiger partial charge in [0.1, 0.15) is 17.7 Å². The minimum absolute atomic E-state index is 0.0339. The summed E-state index contributed by atoms with van der Waals surface area (Å²) < 4.78 is 7.97. The molecule has 0 fully saturated rings. The van der Waals surface area contributed by atoms with Gasteiger partial charge in [0.25, 0.3) is 0 Å². The molecule has 0 saturated heterocycles. The van der Waals surface area contributed by atoms with Crippen LogP contribution in [-0.2, 0) is 19.4 Å². The summed E-state index contributed by atoms with van der Waals surface area (Å²) in [6.45, 7) is 7.70. The molecular weight excluding hydrogens is 340 g/mol. The van der Waals surface area contributed by atoms with E-state index < -0.39 is 0 Å². The molecule has 2 N–H and O–H groups in total. The van der Waals surface area contributed by atoms with Crippen molar-refractivity contribution < 1.29 is 4.74 Å². The molecule has 2 atom stereocenters. The number of benzene rings is 1. The quantitative estimate of drug-likeness (QED) is 0.602. The number of aromatic nitrogens is 3. The van der Waals surface area contributed by atoms with Crippen molar-refractivity contribution in [3.05, 3.63) is 41.5 Å². The van der Waals surface area contributed by atoms with Gasteiger partial charge in [-0.2, -0.15) is 5.10 Å². The Morgan fingerprint density at radius 1 is 1.37 bits per heavy atom. The summed E-state index contributed by atoms with van der Waals surface area (Å²) in [5.74, 6) is 3.69. The third-order valence-electron chi connectivity index (χ3n) is 4.70. The Balaban J connectivity index is 1.47. The van der Waals surface area contributed by atoms with Crippen LogP contribution in [-0.4, -0.2) is 46.5 Å². The highest BCUT2D eigenvalue weighted by Crippen LogP contribution is 2.14. The zero-order valence-electron chi connectivity index (χ0n) is 16.7. The second-order valence-electron chi connectivity index (χ2n) is 7.05. The van der Waals surface area contributed by atoms with Gasteiger partial charge >= 0.3 is 0 Å². The normalized spacial score (nSPS) is 17.9. The molecule has 7 nitrogen and oxygen atoms in total. The summed E-state index contributed by atoms with van der Waals surface area (Å²) in [5, 5.41) is 11.4. The van der Waals surface area contributed by atoms with Crippen LogP contribution in [0.2, 0.25) is 0 Å². The minimum Gasteiger partial charge on any atom is -0.489 e. The number of nitrogens with one attached hydrogen (secondary N) is 2. The number of aryl methyl sites for hydroxylation is 3. The number of guanidine groups is 1. The monoisotopic (exact) mass is 370 g/mol. The Labute approximate surface area is 161 Å². The van der Waals surface area contributed by atoms with Crippen LogP contribution >= 0.6 is 0 Å². The van der Waals surface area contributed by atoms with Gasteiger partial charge in [-0.05, 0) is 32.4 Å². The number of nitrogens with zero attached hydrogens (tertiary/aromatic N) is 4. The molecule has 0 spiro atoms. The van der Waals surface area contributed by atoms with Crippen LogP contribution in [0.25, 0.3) is 0 Å². The first-order chi connectivity index (χ1) is 13.1. The molecule has 1 aliphatic heterocycles. The molecule has 0 aliphatic carbocycles. The molecule has 2 unspecified atom stereocenters. The molecule has 3 rings (SSSR count). The number of rotatable bonds is 6. The van der Waals surface area contributed by atoms with Crippen molar-refractivity contribution in [1.29, 1.82) is 0 Å². The summed E-state index contributed by atoms with van der Waals surface area (Å²) in [7, 11) is 1.79. The van der Waals surface area contributed by atoms with Gasteiger partial charge < -0.3 is 15.4 Å². The zero-order chi connectivity index (χ0) is 19.2. The third-order valence-corrected chi connectivity index (χ3v) is 4.70. The molecule has 2 aromatic rings. The van der Waals surface area contributed by atoms with E-state index in [9.17, 15) is 0 Å². The lowest BCUT2D eigenvalue weighted by Crippen LogP contribution is -2.48. The molecule has 1 aliphatic rings. The minimum atomic E-state index is 0.0339. The van der Waals surface area contributed by atoms with Crippen molar-refractivity contribution in [1.82, 2.24) is 25.4 Å². The lowest BCUT2D eigenvalue weighted by Gasteiger charge is -2.26. The van der Waals surface area contributed by atoms with Gasteiger partial charge in [0.05, 0.1) is 13.1 Å². The second-order valence-corrected chi connectivity index (χ2v) is 7.05. The first-order valence-corrected chi connectivity index (χ1v) is 9.70. The summed E-state index contributed by atoms with van der Waals surface area (Å²) in [4.78, 5) is 8.91.